The predicted molar refractivity (Wildman–Crippen MR) is 110 cm³/mol. The molecule has 0 spiro atoms. The molecule has 1 aromatic heterocycles. The van der Waals surface area contributed by atoms with Crippen LogP contribution in [0.2, 0.25) is 0 Å². The number of amides is 2. The number of anilines is 2. The van der Waals surface area contributed by atoms with E-state index in [2.05, 4.69) is 16.4 Å². The zero-order chi connectivity index (χ0) is 20.1. The topological polar surface area (TPSA) is 66.7 Å². The molecule has 1 heterocycles. The molecular weight excluding hydrogens is 360 g/mol. The van der Waals surface area contributed by atoms with Crippen molar-refractivity contribution in [2.75, 3.05) is 18.5 Å². The van der Waals surface area contributed by atoms with Crippen LogP contribution >= 0.6 is 11.3 Å². The summed E-state index contributed by atoms with van der Waals surface area (Å²) in [7, 11) is 1.96. The molecule has 2 N–H and O–H groups in total. The first kappa shape index (κ1) is 21.1. The molecule has 0 saturated heterocycles. The summed E-state index contributed by atoms with van der Waals surface area (Å²) in [6, 6.07) is 6.15. The maximum Gasteiger partial charge on any atom is 0.275 e. The van der Waals surface area contributed by atoms with Gasteiger partial charge in [0.15, 0.2) is 11.7 Å². The molecule has 0 bridgehead atoms. The van der Waals surface area contributed by atoms with Crippen molar-refractivity contribution < 1.29 is 14.5 Å². The highest BCUT2D eigenvalue weighted by Gasteiger charge is 2.21. The van der Waals surface area contributed by atoms with Gasteiger partial charge < -0.3 is 10.2 Å². The molecule has 0 aliphatic carbocycles. The van der Waals surface area contributed by atoms with E-state index >= 15 is 0 Å². The summed E-state index contributed by atoms with van der Waals surface area (Å²) in [5.41, 5.74) is 3.92. The highest BCUT2D eigenvalue weighted by Crippen LogP contribution is 2.31. The molecule has 0 aliphatic rings. The zero-order valence-electron chi connectivity index (χ0n) is 16.9. The Bertz CT molecular complexity index is 816. The number of rotatable bonds is 7. The number of quaternary nitrogens is 1. The molecular formula is C20H29N4O2S+. The average Bonchev–Trinajstić information content (AvgIpc) is 2.96. The van der Waals surface area contributed by atoms with E-state index in [0.29, 0.717) is 18.2 Å². The Balaban J connectivity index is 2.14. The van der Waals surface area contributed by atoms with Crippen LogP contribution < -0.4 is 15.1 Å². The largest absolute Gasteiger partial charge is 0.349 e. The van der Waals surface area contributed by atoms with Gasteiger partial charge in [0.05, 0.1) is 12.7 Å². The SMILES string of the molecule is CC(=O)N(c1nc(C[NH+](C)CC(=O)NC(C)C)cs1)c1ccc(C)cc1C. The first-order valence-corrected chi connectivity index (χ1v) is 9.98. The van der Waals surface area contributed by atoms with Crippen molar-refractivity contribution in [3.05, 3.63) is 40.4 Å². The molecule has 0 saturated carbocycles. The molecule has 0 radical (unpaired) electrons. The summed E-state index contributed by atoms with van der Waals surface area (Å²) >= 11 is 1.45. The fraction of sp³-hybridized carbons (Fsp3) is 0.450. The molecule has 2 amide bonds. The lowest BCUT2D eigenvalue weighted by molar-refractivity contribution is -0.885. The highest BCUT2D eigenvalue weighted by molar-refractivity contribution is 7.14. The number of carbonyl (C=O) groups is 2. The lowest BCUT2D eigenvalue weighted by Gasteiger charge is -2.20. The second-order valence-electron chi connectivity index (χ2n) is 7.30. The van der Waals surface area contributed by atoms with Crippen molar-refractivity contribution in [1.29, 1.82) is 0 Å². The lowest BCUT2D eigenvalue weighted by atomic mass is 10.1. The molecule has 0 fully saturated rings. The van der Waals surface area contributed by atoms with E-state index in [1.165, 1.54) is 11.3 Å². The van der Waals surface area contributed by atoms with Gasteiger partial charge in [0.1, 0.15) is 12.2 Å². The number of hydrogen-bond donors (Lipinski definition) is 2. The number of aromatic nitrogens is 1. The number of carbonyl (C=O) groups excluding carboxylic acids is 2. The van der Waals surface area contributed by atoms with E-state index in [4.69, 9.17) is 0 Å². The quantitative estimate of drug-likeness (QED) is 0.761. The Labute approximate surface area is 165 Å². The van der Waals surface area contributed by atoms with E-state index in [1.54, 1.807) is 11.8 Å². The smallest absolute Gasteiger partial charge is 0.275 e. The van der Waals surface area contributed by atoms with Crippen LogP contribution in [-0.2, 0) is 16.1 Å². The minimum absolute atomic E-state index is 0.0265. The van der Waals surface area contributed by atoms with Crippen LogP contribution in [0, 0.1) is 13.8 Å². The van der Waals surface area contributed by atoms with E-state index in [-0.39, 0.29) is 17.9 Å². The number of likely N-dealkylation sites (N-methyl/N-ethyl adjacent to an activating group) is 1. The first-order valence-electron chi connectivity index (χ1n) is 9.10. The maximum absolute atomic E-state index is 12.3. The molecule has 1 atom stereocenters. The molecule has 1 unspecified atom stereocenters. The van der Waals surface area contributed by atoms with Crippen LogP contribution in [0.4, 0.5) is 10.8 Å². The molecule has 27 heavy (non-hydrogen) atoms. The number of benzene rings is 1. The molecule has 6 nitrogen and oxygen atoms in total. The number of nitrogens with one attached hydrogen (secondary N) is 2. The van der Waals surface area contributed by atoms with E-state index in [0.717, 1.165) is 27.4 Å². The van der Waals surface area contributed by atoms with Gasteiger partial charge in [-0.3, -0.25) is 14.5 Å². The first-order chi connectivity index (χ1) is 12.7. The normalized spacial score (nSPS) is 12.1. The number of hydrogen-bond acceptors (Lipinski definition) is 4. The van der Waals surface area contributed by atoms with Crippen molar-refractivity contribution in [2.45, 2.75) is 47.2 Å². The molecule has 0 aliphatic heterocycles. The average molecular weight is 390 g/mol. The molecule has 1 aromatic carbocycles. The van der Waals surface area contributed by atoms with Crippen LogP contribution in [0.3, 0.4) is 0 Å². The number of nitrogens with zero attached hydrogens (tertiary/aromatic N) is 2. The fourth-order valence-electron chi connectivity index (χ4n) is 2.96. The summed E-state index contributed by atoms with van der Waals surface area (Å²) in [5.74, 6) is -0.0431. The second-order valence-corrected chi connectivity index (χ2v) is 8.14. The third-order valence-corrected chi connectivity index (χ3v) is 4.91. The van der Waals surface area contributed by atoms with Crippen LogP contribution in [0.5, 0.6) is 0 Å². The van der Waals surface area contributed by atoms with Crippen LogP contribution in [0.25, 0.3) is 0 Å². The molecule has 7 heteroatoms. The Morgan fingerprint density at radius 3 is 2.59 bits per heavy atom. The van der Waals surface area contributed by atoms with Gasteiger partial charge in [0, 0.05) is 18.3 Å². The monoisotopic (exact) mass is 389 g/mol. The van der Waals surface area contributed by atoms with Crippen molar-refractivity contribution in [1.82, 2.24) is 10.3 Å². The van der Waals surface area contributed by atoms with Gasteiger partial charge in [-0.25, -0.2) is 4.98 Å². The van der Waals surface area contributed by atoms with E-state index in [1.807, 2.05) is 52.3 Å². The Hall–Kier alpha value is -2.25. The number of thiazole rings is 1. The van der Waals surface area contributed by atoms with Gasteiger partial charge >= 0.3 is 0 Å². The van der Waals surface area contributed by atoms with Crippen molar-refractivity contribution in [3.63, 3.8) is 0 Å². The van der Waals surface area contributed by atoms with Gasteiger partial charge in [-0.1, -0.05) is 17.7 Å². The third-order valence-electron chi connectivity index (χ3n) is 4.03. The Morgan fingerprint density at radius 2 is 2.00 bits per heavy atom. The third kappa shape index (κ3) is 5.87. The Morgan fingerprint density at radius 1 is 1.30 bits per heavy atom. The van der Waals surface area contributed by atoms with Gasteiger partial charge in [0.2, 0.25) is 5.91 Å². The van der Waals surface area contributed by atoms with Gasteiger partial charge in [-0.15, -0.1) is 11.3 Å². The van der Waals surface area contributed by atoms with Gasteiger partial charge in [-0.2, -0.15) is 0 Å². The maximum atomic E-state index is 12.3. The predicted octanol–water partition coefficient (Wildman–Crippen LogP) is 1.98. The summed E-state index contributed by atoms with van der Waals surface area (Å²) in [6.45, 7) is 10.5. The minimum atomic E-state index is -0.0696. The molecule has 2 rings (SSSR count). The minimum Gasteiger partial charge on any atom is -0.349 e. The summed E-state index contributed by atoms with van der Waals surface area (Å²) < 4.78 is 0. The van der Waals surface area contributed by atoms with Crippen LogP contribution in [0.15, 0.2) is 23.6 Å². The standard InChI is InChI=1S/C20H28N4O2S/c1-13(2)21-19(26)11-23(6)10-17-12-27-20(22-17)24(16(5)25)18-8-7-14(3)9-15(18)4/h7-9,12-13H,10-11H2,1-6H3,(H,21,26)/p+1. The highest BCUT2D eigenvalue weighted by atomic mass is 32.1. The Kier molecular flexibility index (Phi) is 7.10. The zero-order valence-corrected chi connectivity index (χ0v) is 17.7. The summed E-state index contributed by atoms with van der Waals surface area (Å²) in [6.07, 6.45) is 0. The van der Waals surface area contributed by atoms with Gasteiger partial charge in [0.25, 0.3) is 5.91 Å². The number of aryl methyl sites for hydroxylation is 2. The van der Waals surface area contributed by atoms with Crippen molar-refractivity contribution in [2.24, 2.45) is 0 Å². The van der Waals surface area contributed by atoms with Crippen LogP contribution in [0.1, 0.15) is 37.6 Å². The fourth-order valence-corrected chi connectivity index (χ4v) is 3.84. The lowest BCUT2D eigenvalue weighted by Crippen LogP contribution is -3.09. The summed E-state index contributed by atoms with van der Waals surface area (Å²) in [5, 5.41) is 5.51. The molecule has 2 aromatic rings. The van der Waals surface area contributed by atoms with Crippen molar-refractivity contribution in [3.8, 4) is 0 Å². The van der Waals surface area contributed by atoms with E-state index < -0.39 is 0 Å². The second kappa shape index (κ2) is 9.10. The molecule has 146 valence electrons. The van der Waals surface area contributed by atoms with Crippen LogP contribution in [-0.4, -0.2) is 36.4 Å². The van der Waals surface area contributed by atoms with Crippen molar-refractivity contribution >= 4 is 34.0 Å². The van der Waals surface area contributed by atoms with Gasteiger partial charge in [-0.05, 0) is 39.3 Å². The van der Waals surface area contributed by atoms with E-state index in [9.17, 15) is 9.59 Å². The summed E-state index contributed by atoms with van der Waals surface area (Å²) in [4.78, 5) is 31.6.